The summed E-state index contributed by atoms with van der Waals surface area (Å²) < 4.78 is 5.25. The summed E-state index contributed by atoms with van der Waals surface area (Å²) in [5, 5.41) is 10.9. The maximum atomic E-state index is 10.2. The third-order valence-corrected chi connectivity index (χ3v) is 4.23. The van der Waals surface area contributed by atoms with Gasteiger partial charge in [-0.3, -0.25) is 0 Å². The summed E-state index contributed by atoms with van der Waals surface area (Å²) in [7, 11) is 1.77. The number of hydrogen-bond acceptors (Lipinski definition) is 3. The molecule has 0 bridgehead atoms. The molecule has 1 saturated heterocycles. The number of aliphatic hydroxyl groups excluding tert-OH is 1. The summed E-state index contributed by atoms with van der Waals surface area (Å²) in [5.41, 5.74) is 0.944. The molecule has 1 aromatic rings. The number of methoxy groups -OCH3 is 1. The Balaban J connectivity index is 1.78. The molecule has 1 aliphatic rings. The van der Waals surface area contributed by atoms with Gasteiger partial charge in [-0.1, -0.05) is 23.7 Å². The smallest absolute Gasteiger partial charge is 0.0802 e. The molecule has 2 atom stereocenters. The zero-order chi connectivity index (χ0) is 14.4. The van der Waals surface area contributed by atoms with Crippen molar-refractivity contribution in [1.82, 2.24) is 4.90 Å². The predicted molar refractivity (Wildman–Crippen MR) is 82.1 cm³/mol. The number of rotatable bonds is 6. The van der Waals surface area contributed by atoms with Crippen molar-refractivity contribution in [2.75, 3.05) is 33.4 Å². The van der Waals surface area contributed by atoms with E-state index in [1.165, 1.54) is 12.8 Å². The number of benzene rings is 1. The van der Waals surface area contributed by atoms with Gasteiger partial charge >= 0.3 is 0 Å². The van der Waals surface area contributed by atoms with Crippen molar-refractivity contribution >= 4 is 11.6 Å². The molecule has 1 aromatic carbocycles. The van der Waals surface area contributed by atoms with Crippen molar-refractivity contribution in [3.8, 4) is 0 Å². The number of halogens is 1. The molecule has 0 radical (unpaired) electrons. The molecule has 4 heteroatoms. The zero-order valence-electron chi connectivity index (χ0n) is 12.1. The van der Waals surface area contributed by atoms with Gasteiger partial charge in [-0.15, -0.1) is 0 Å². The van der Waals surface area contributed by atoms with E-state index in [1.54, 1.807) is 7.11 Å². The SMILES string of the molecule is COCC1CCCN(CCC(O)c2ccc(Cl)cc2)C1. The lowest BCUT2D eigenvalue weighted by Gasteiger charge is -2.32. The molecule has 0 spiro atoms. The maximum absolute atomic E-state index is 10.2. The minimum absolute atomic E-state index is 0.407. The second-order valence-corrected chi connectivity index (χ2v) is 6.06. The number of ether oxygens (including phenoxy) is 1. The standard InChI is InChI=1S/C16H24ClNO2/c1-20-12-13-3-2-9-18(11-13)10-8-16(19)14-4-6-15(17)7-5-14/h4-7,13,16,19H,2-3,8-12H2,1H3. The van der Waals surface area contributed by atoms with E-state index in [0.717, 1.165) is 38.2 Å². The Morgan fingerprint density at radius 1 is 1.40 bits per heavy atom. The number of likely N-dealkylation sites (tertiary alicyclic amines) is 1. The predicted octanol–water partition coefficient (Wildman–Crippen LogP) is 3.12. The minimum atomic E-state index is -0.407. The van der Waals surface area contributed by atoms with E-state index in [4.69, 9.17) is 16.3 Å². The van der Waals surface area contributed by atoms with Crippen LogP contribution in [0.5, 0.6) is 0 Å². The van der Waals surface area contributed by atoms with Gasteiger partial charge < -0.3 is 14.7 Å². The van der Waals surface area contributed by atoms with Crippen molar-refractivity contribution in [3.05, 3.63) is 34.9 Å². The molecule has 0 amide bonds. The number of piperidine rings is 1. The molecule has 1 N–H and O–H groups in total. The highest BCUT2D eigenvalue weighted by Crippen LogP contribution is 2.22. The highest BCUT2D eigenvalue weighted by atomic mass is 35.5. The molecule has 1 aliphatic heterocycles. The summed E-state index contributed by atoms with van der Waals surface area (Å²) in [6.07, 6.45) is 2.84. The Morgan fingerprint density at radius 3 is 2.85 bits per heavy atom. The van der Waals surface area contributed by atoms with Gasteiger partial charge in [0.15, 0.2) is 0 Å². The summed E-state index contributed by atoms with van der Waals surface area (Å²) >= 11 is 5.86. The van der Waals surface area contributed by atoms with Crippen LogP contribution in [0.4, 0.5) is 0 Å². The molecule has 112 valence electrons. The average molecular weight is 298 g/mol. The van der Waals surface area contributed by atoms with Crippen molar-refractivity contribution < 1.29 is 9.84 Å². The van der Waals surface area contributed by atoms with Crippen LogP contribution in [0.3, 0.4) is 0 Å². The maximum Gasteiger partial charge on any atom is 0.0802 e. The van der Waals surface area contributed by atoms with Crippen LogP contribution in [0.2, 0.25) is 5.02 Å². The molecular weight excluding hydrogens is 274 g/mol. The lowest BCUT2D eigenvalue weighted by Crippen LogP contribution is -2.38. The summed E-state index contributed by atoms with van der Waals surface area (Å²) in [6, 6.07) is 7.46. The topological polar surface area (TPSA) is 32.7 Å². The first-order valence-corrected chi connectivity index (χ1v) is 7.71. The minimum Gasteiger partial charge on any atom is -0.388 e. The third kappa shape index (κ3) is 4.74. The third-order valence-electron chi connectivity index (χ3n) is 3.98. The first-order valence-electron chi connectivity index (χ1n) is 7.34. The first kappa shape index (κ1) is 15.8. The van der Waals surface area contributed by atoms with Crippen molar-refractivity contribution in [2.45, 2.75) is 25.4 Å². The lowest BCUT2D eigenvalue weighted by atomic mass is 9.98. The monoisotopic (exact) mass is 297 g/mol. The van der Waals surface area contributed by atoms with E-state index in [9.17, 15) is 5.11 Å². The van der Waals surface area contributed by atoms with Gasteiger partial charge in [0.2, 0.25) is 0 Å². The van der Waals surface area contributed by atoms with Gasteiger partial charge in [0.25, 0.3) is 0 Å². The van der Waals surface area contributed by atoms with Gasteiger partial charge in [-0.2, -0.15) is 0 Å². The Labute approximate surface area is 126 Å². The number of aliphatic hydroxyl groups is 1. The van der Waals surface area contributed by atoms with Crippen LogP contribution in [-0.4, -0.2) is 43.4 Å². The van der Waals surface area contributed by atoms with Crippen LogP contribution in [0.15, 0.2) is 24.3 Å². The van der Waals surface area contributed by atoms with Gasteiger partial charge in [-0.05, 0) is 49.4 Å². The van der Waals surface area contributed by atoms with E-state index in [-0.39, 0.29) is 0 Å². The van der Waals surface area contributed by atoms with Crippen molar-refractivity contribution in [1.29, 1.82) is 0 Å². The van der Waals surface area contributed by atoms with E-state index in [2.05, 4.69) is 4.90 Å². The van der Waals surface area contributed by atoms with E-state index in [0.29, 0.717) is 10.9 Å². The van der Waals surface area contributed by atoms with Crippen LogP contribution in [0, 0.1) is 5.92 Å². The summed E-state index contributed by atoms with van der Waals surface area (Å²) in [5.74, 6) is 0.640. The number of nitrogens with zero attached hydrogens (tertiary/aromatic N) is 1. The fourth-order valence-corrected chi connectivity index (χ4v) is 3.01. The van der Waals surface area contributed by atoms with Gasteiger partial charge in [-0.25, -0.2) is 0 Å². The Kier molecular flexibility index (Phi) is 6.30. The molecular formula is C16H24ClNO2. The zero-order valence-corrected chi connectivity index (χ0v) is 12.9. The quantitative estimate of drug-likeness (QED) is 0.876. The Hall–Kier alpha value is -0.610. The van der Waals surface area contributed by atoms with Crippen LogP contribution in [0.25, 0.3) is 0 Å². The largest absolute Gasteiger partial charge is 0.388 e. The second kappa shape index (κ2) is 7.99. The molecule has 0 aliphatic carbocycles. The molecule has 2 rings (SSSR count). The van der Waals surface area contributed by atoms with Crippen molar-refractivity contribution in [2.24, 2.45) is 5.92 Å². The van der Waals surface area contributed by atoms with Crippen LogP contribution < -0.4 is 0 Å². The van der Waals surface area contributed by atoms with E-state index >= 15 is 0 Å². The normalized spacial score (nSPS) is 21.9. The highest BCUT2D eigenvalue weighted by molar-refractivity contribution is 6.30. The number of hydrogen-bond donors (Lipinski definition) is 1. The molecule has 2 unspecified atom stereocenters. The van der Waals surface area contributed by atoms with Crippen LogP contribution in [0.1, 0.15) is 30.9 Å². The molecule has 0 aromatic heterocycles. The van der Waals surface area contributed by atoms with Gasteiger partial charge in [0, 0.05) is 25.2 Å². The second-order valence-electron chi connectivity index (χ2n) is 5.62. The fraction of sp³-hybridized carbons (Fsp3) is 0.625. The van der Waals surface area contributed by atoms with Crippen molar-refractivity contribution in [3.63, 3.8) is 0 Å². The highest BCUT2D eigenvalue weighted by Gasteiger charge is 2.20. The molecule has 1 heterocycles. The lowest BCUT2D eigenvalue weighted by molar-refractivity contribution is 0.0779. The molecule has 1 fully saturated rings. The average Bonchev–Trinajstić information content (AvgIpc) is 2.46. The van der Waals surface area contributed by atoms with Gasteiger partial charge in [0.1, 0.15) is 0 Å². The summed E-state index contributed by atoms with van der Waals surface area (Å²) in [4.78, 5) is 2.44. The van der Waals surface area contributed by atoms with Crippen LogP contribution in [-0.2, 0) is 4.74 Å². The summed E-state index contributed by atoms with van der Waals surface area (Å²) in [6.45, 7) is 4.00. The fourth-order valence-electron chi connectivity index (χ4n) is 2.88. The molecule has 3 nitrogen and oxygen atoms in total. The van der Waals surface area contributed by atoms with E-state index in [1.807, 2.05) is 24.3 Å². The molecule has 0 saturated carbocycles. The van der Waals surface area contributed by atoms with Crippen LogP contribution >= 0.6 is 11.6 Å². The Bertz CT molecular complexity index is 394. The van der Waals surface area contributed by atoms with Gasteiger partial charge in [0.05, 0.1) is 12.7 Å². The molecule has 20 heavy (non-hydrogen) atoms. The first-order chi connectivity index (χ1) is 9.69. The Morgan fingerprint density at radius 2 is 2.15 bits per heavy atom. The van der Waals surface area contributed by atoms with E-state index < -0.39 is 6.10 Å².